The molecule has 0 aliphatic carbocycles. The van der Waals surface area contributed by atoms with Gasteiger partial charge in [0.15, 0.2) is 0 Å². The van der Waals surface area contributed by atoms with Gasteiger partial charge in [-0.25, -0.2) is 4.79 Å². The Morgan fingerprint density at radius 3 is 2.53 bits per heavy atom. The minimum absolute atomic E-state index is 0.0407. The molecule has 1 aliphatic heterocycles. The molecule has 0 bridgehead atoms. The number of amides is 1. The molecule has 1 atom stereocenters. The fourth-order valence-corrected chi connectivity index (χ4v) is 3.62. The third-order valence-electron chi connectivity index (χ3n) is 5.40. The van der Waals surface area contributed by atoms with Crippen LogP contribution in [0.15, 0.2) is 30.4 Å². The molecule has 0 N–H and O–H groups in total. The topological polar surface area (TPSA) is 72.9 Å². The molecule has 1 heterocycles. The molecular formula is C23H26F3NO5. The van der Waals surface area contributed by atoms with E-state index in [1.54, 1.807) is 13.0 Å². The Labute approximate surface area is 184 Å². The van der Waals surface area contributed by atoms with Crippen LogP contribution in [0.4, 0.5) is 18.9 Å². The summed E-state index contributed by atoms with van der Waals surface area (Å²) >= 11 is 0. The maximum Gasteiger partial charge on any atom is 0.471 e. The van der Waals surface area contributed by atoms with Gasteiger partial charge in [-0.15, -0.1) is 6.58 Å². The second-order valence-electron chi connectivity index (χ2n) is 7.58. The van der Waals surface area contributed by atoms with E-state index in [-0.39, 0.29) is 30.1 Å². The van der Waals surface area contributed by atoms with Gasteiger partial charge in [-0.05, 0) is 43.9 Å². The number of cyclic esters (lactones) is 1. The first kappa shape index (κ1) is 25.2. The van der Waals surface area contributed by atoms with Crippen molar-refractivity contribution in [1.29, 1.82) is 0 Å². The number of allylic oxidation sites excluding steroid dienone is 2. The van der Waals surface area contributed by atoms with E-state index >= 15 is 0 Å². The summed E-state index contributed by atoms with van der Waals surface area (Å²) in [5.41, 5.74) is 2.50. The Bertz CT molecular complexity index is 965. The maximum atomic E-state index is 13.0. The lowest BCUT2D eigenvalue weighted by Gasteiger charge is -2.23. The molecule has 0 fully saturated rings. The van der Waals surface area contributed by atoms with Crippen molar-refractivity contribution in [2.45, 2.75) is 51.8 Å². The van der Waals surface area contributed by atoms with Crippen molar-refractivity contribution in [3.63, 3.8) is 0 Å². The zero-order valence-corrected chi connectivity index (χ0v) is 18.5. The van der Waals surface area contributed by atoms with E-state index < -0.39 is 24.2 Å². The number of hydrogen-bond acceptors (Lipinski definition) is 5. The minimum Gasteiger partial charge on any atom is -0.469 e. The number of anilines is 1. The first-order chi connectivity index (χ1) is 14.9. The molecule has 9 heteroatoms. The van der Waals surface area contributed by atoms with Crippen LogP contribution in [0.3, 0.4) is 0 Å². The summed E-state index contributed by atoms with van der Waals surface area (Å²) in [6.07, 6.45) is -1.11. The van der Waals surface area contributed by atoms with Crippen molar-refractivity contribution < 1.29 is 37.0 Å². The number of alkyl halides is 3. The highest BCUT2D eigenvalue weighted by atomic mass is 19.4. The molecule has 1 aliphatic rings. The number of hydrogen-bond donors (Lipinski definition) is 0. The number of methoxy groups -OCH3 is 1. The van der Waals surface area contributed by atoms with Gasteiger partial charge in [0, 0.05) is 25.5 Å². The first-order valence-corrected chi connectivity index (χ1v) is 9.97. The predicted molar refractivity (Wildman–Crippen MR) is 112 cm³/mol. The number of ether oxygens (including phenoxy) is 2. The number of fused-ring (bicyclic) bond motifs is 1. The van der Waals surface area contributed by atoms with Gasteiger partial charge in [0.25, 0.3) is 0 Å². The van der Waals surface area contributed by atoms with Crippen LogP contribution < -0.4 is 4.90 Å². The molecule has 0 aromatic heterocycles. The van der Waals surface area contributed by atoms with E-state index in [0.717, 1.165) is 12.6 Å². The smallest absolute Gasteiger partial charge is 0.469 e. The van der Waals surface area contributed by atoms with Gasteiger partial charge in [0.2, 0.25) is 0 Å². The van der Waals surface area contributed by atoms with Crippen molar-refractivity contribution >= 4 is 23.5 Å². The fourth-order valence-electron chi connectivity index (χ4n) is 3.62. The highest BCUT2D eigenvalue weighted by molar-refractivity contribution is 6.06. The lowest BCUT2D eigenvalue weighted by Crippen LogP contribution is -2.39. The van der Waals surface area contributed by atoms with Gasteiger partial charge < -0.3 is 14.4 Å². The second-order valence-corrected chi connectivity index (χ2v) is 7.58. The summed E-state index contributed by atoms with van der Waals surface area (Å²) < 4.78 is 49.2. The van der Waals surface area contributed by atoms with Crippen molar-refractivity contribution in [3.05, 3.63) is 52.6 Å². The van der Waals surface area contributed by atoms with Crippen LogP contribution in [0.1, 0.15) is 59.3 Å². The standard InChI is InChI=1S/C23H26F3NO5/c1-6-7-15-12-16(27(4)22(30)23(24,25)26)20-19(14(15)3)17(32-21(20)29)10-8-13(2)9-11-18(28)31-5/h6,8,12,17H,1,7,9-11H2,2-5H3. The quantitative estimate of drug-likeness (QED) is 0.420. The van der Waals surface area contributed by atoms with Crippen LogP contribution in [-0.4, -0.2) is 38.2 Å². The number of benzene rings is 1. The van der Waals surface area contributed by atoms with Gasteiger partial charge in [0.1, 0.15) is 6.10 Å². The first-order valence-electron chi connectivity index (χ1n) is 9.97. The maximum absolute atomic E-state index is 13.0. The molecule has 6 nitrogen and oxygen atoms in total. The Balaban J connectivity index is 2.47. The molecule has 0 saturated heterocycles. The Morgan fingerprint density at radius 2 is 1.97 bits per heavy atom. The molecule has 0 saturated carbocycles. The lowest BCUT2D eigenvalue weighted by atomic mass is 9.90. The summed E-state index contributed by atoms with van der Waals surface area (Å²) in [5.74, 6) is -3.21. The average molecular weight is 453 g/mol. The van der Waals surface area contributed by atoms with Gasteiger partial charge in [-0.2, -0.15) is 13.2 Å². The van der Waals surface area contributed by atoms with E-state index in [4.69, 9.17) is 4.74 Å². The highest BCUT2D eigenvalue weighted by Gasteiger charge is 2.44. The SMILES string of the molecule is C=CCc1cc(N(C)C(=O)C(F)(F)F)c2c(c1C)C(CC=C(C)CCC(=O)OC)OC2=O. The summed E-state index contributed by atoms with van der Waals surface area (Å²) in [4.78, 5) is 36.3. The molecule has 1 amide bonds. The summed E-state index contributed by atoms with van der Waals surface area (Å²) in [6, 6.07) is 1.40. The van der Waals surface area contributed by atoms with Crippen LogP contribution in [0.2, 0.25) is 0 Å². The van der Waals surface area contributed by atoms with E-state index in [1.165, 1.54) is 13.2 Å². The van der Waals surface area contributed by atoms with Crippen LogP contribution in [-0.2, 0) is 25.5 Å². The monoisotopic (exact) mass is 453 g/mol. The number of nitrogens with zero attached hydrogens (tertiary/aromatic N) is 1. The molecule has 0 spiro atoms. The summed E-state index contributed by atoms with van der Waals surface area (Å²) in [7, 11) is 2.29. The van der Waals surface area contributed by atoms with Gasteiger partial charge in [-0.3, -0.25) is 9.59 Å². The largest absolute Gasteiger partial charge is 0.471 e. The average Bonchev–Trinajstić information content (AvgIpc) is 3.07. The number of esters is 2. The molecule has 1 aromatic carbocycles. The summed E-state index contributed by atoms with van der Waals surface area (Å²) in [5, 5.41) is 0. The molecular weight excluding hydrogens is 427 g/mol. The zero-order chi connectivity index (χ0) is 24.2. The molecule has 32 heavy (non-hydrogen) atoms. The summed E-state index contributed by atoms with van der Waals surface area (Å²) in [6.45, 7) is 7.25. The van der Waals surface area contributed by atoms with Crippen LogP contribution in [0, 0.1) is 6.92 Å². The van der Waals surface area contributed by atoms with Crippen molar-refractivity contribution in [2.24, 2.45) is 0 Å². The van der Waals surface area contributed by atoms with Crippen LogP contribution in [0.25, 0.3) is 0 Å². The Hall–Kier alpha value is -3.10. The normalized spacial score (nSPS) is 15.8. The third kappa shape index (κ3) is 5.38. The number of carbonyl (C=O) groups excluding carboxylic acids is 3. The van der Waals surface area contributed by atoms with E-state index in [9.17, 15) is 27.6 Å². The Kier molecular flexibility index (Phi) is 7.87. The lowest BCUT2D eigenvalue weighted by molar-refractivity contribution is -0.170. The molecule has 0 radical (unpaired) electrons. The van der Waals surface area contributed by atoms with Gasteiger partial charge in [0.05, 0.1) is 18.4 Å². The fraction of sp³-hybridized carbons (Fsp3) is 0.435. The Morgan fingerprint density at radius 1 is 1.31 bits per heavy atom. The van der Waals surface area contributed by atoms with Gasteiger partial charge >= 0.3 is 24.0 Å². The highest BCUT2D eigenvalue weighted by Crippen LogP contribution is 2.43. The van der Waals surface area contributed by atoms with Crippen LogP contribution >= 0.6 is 0 Å². The number of halogens is 3. The number of carbonyl (C=O) groups is 3. The van der Waals surface area contributed by atoms with E-state index in [2.05, 4.69) is 11.3 Å². The molecule has 2 rings (SSSR count). The molecule has 1 aromatic rings. The van der Waals surface area contributed by atoms with Crippen molar-refractivity contribution in [2.75, 3.05) is 19.1 Å². The zero-order valence-electron chi connectivity index (χ0n) is 18.5. The van der Waals surface area contributed by atoms with Crippen molar-refractivity contribution in [1.82, 2.24) is 0 Å². The third-order valence-corrected chi connectivity index (χ3v) is 5.40. The second kappa shape index (κ2) is 10.0. The number of rotatable bonds is 8. The van der Waals surface area contributed by atoms with Crippen molar-refractivity contribution in [3.8, 4) is 0 Å². The van der Waals surface area contributed by atoms with E-state index in [0.29, 0.717) is 34.4 Å². The minimum atomic E-state index is -5.09. The predicted octanol–water partition coefficient (Wildman–Crippen LogP) is 4.75. The van der Waals surface area contributed by atoms with E-state index in [1.807, 2.05) is 13.0 Å². The molecule has 174 valence electrons. The van der Waals surface area contributed by atoms with Gasteiger partial charge in [-0.1, -0.05) is 17.7 Å². The molecule has 1 unspecified atom stereocenters. The van der Waals surface area contributed by atoms with Crippen LogP contribution in [0.5, 0.6) is 0 Å².